The van der Waals surface area contributed by atoms with Gasteiger partial charge in [0.15, 0.2) is 0 Å². The number of amides is 1. The van der Waals surface area contributed by atoms with E-state index in [0.717, 1.165) is 10.7 Å². The first-order valence-electron chi connectivity index (χ1n) is 5.70. The summed E-state index contributed by atoms with van der Waals surface area (Å²) in [6, 6.07) is 5.78. The van der Waals surface area contributed by atoms with Gasteiger partial charge in [0.05, 0.1) is 12.1 Å². The lowest BCUT2D eigenvalue weighted by atomic mass is 10.3. The van der Waals surface area contributed by atoms with Crippen LogP contribution in [0.2, 0.25) is 0 Å². The predicted molar refractivity (Wildman–Crippen MR) is 72.4 cm³/mol. The number of nitrogens with one attached hydrogen (secondary N) is 1. The quantitative estimate of drug-likeness (QED) is 0.830. The van der Waals surface area contributed by atoms with Crippen LogP contribution in [-0.2, 0) is 17.9 Å². The third kappa shape index (κ3) is 3.82. The first kappa shape index (κ1) is 13.1. The van der Waals surface area contributed by atoms with Gasteiger partial charge in [0.25, 0.3) is 0 Å². The van der Waals surface area contributed by atoms with Crippen LogP contribution in [0.25, 0.3) is 0 Å². The first-order chi connectivity index (χ1) is 9.17. The smallest absolute Gasteiger partial charge is 0.219 e. The molecule has 0 aromatic carbocycles. The molecule has 0 spiro atoms. The van der Waals surface area contributed by atoms with Gasteiger partial charge in [0.2, 0.25) is 5.91 Å². The SMILES string of the molecule is N#Cc1csc(CNc2ccn(CCC(N)=O)n2)c1. The molecule has 1 amide bonds. The Hall–Kier alpha value is -2.33. The maximum Gasteiger partial charge on any atom is 0.219 e. The molecule has 6 nitrogen and oxygen atoms in total. The number of nitrogens with two attached hydrogens (primary N) is 1. The van der Waals surface area contributed by atoms with Crippen molar-refractivity contribution in [1.82, 2.24) is 9.78 Å². The molecule has 0 aliphatic heterocycles. The van der Waals surface area contributed by atoms with Crippen molar-refractivity contribution in [3.05, 3.63) is 34.2 Å². The first-order valence-corrected chi connectivity index (χ1v) is 6.58. The maximum atomic E-state index is 10.7. The topological polar surface area (TPSA) is 96.7 Å². The highest BCUT2D eigenvalue weighted by Crippen LogP contribution is 2.15. The minimum Gasteiger partial charge on any atom is -0.370 e. The lowest BCUT2D eigenvalue weighted by molar-refractivity contribution is -0.118. The van der Waals surface area contributed by atoms with Crippen molar-refractivity contribution in [2.45, 2.75) is 19.5 Å². The van der Waals surface area contributed by atoms with E-state index in [2.05, 4.69) is 16.5 Å². The minimum absolute atomic E-state index is 0.275. The lowest BCUT2D eigenvalue weighted by Gasteiger charge is -2.00. The fraction of sp³-hybridized carbons (Fsp3) is 0.250. The van der Waals surface area contributed by atoms with Gasteiger partial charge in [0.1, 0.15) is 11.9 Å². The summed E-state index contributed by atoms with van der Waals surface area (Å²) in [5, 5.41) is 18.0. The van der Waals surface area contributed by atoms with Gasteiger partial charge in [-0.15, -0.1) is 11.3 Å². The maximum absolute atomic E-state index is 10.7. The van der Waals surface area contributed by atoms with Crippen molar-refractivity contribution in [3.63, 3.8) is 0 Å². The number of hydrogen-bond donors (Lipinski definition) is 2. The summed E-state index contributed by atoms with van der Waals surface area (Å²) < 4.78 is 1.67. The lowest BCUT2D eigenvalue weighted by Crippen LogP contribution is -2.14. The average molecular weight is 275 g/mol. The van der Waals surface area contributed by atoms with Crippen LogP contribution in [0.3, 0.4) is 0 Å². The van der Waals surface area contributed by atoms with Crippen LogP contribution in [0.1, 0.15) is 16.9 Å². The molecule has 0 bridgehead atoms. The van der Waals surface area contributed by atoms with Gasteiger partial charge >= 0.3 is 0 Å². The van der Waals surface area contributed by atoms with Crippen LogP contribution in [0.4, 0.5) is 5.82 Å². The van der Waals surface area contributed by atoms with Crippen LogP contribution in [0.15, 0.2) is 23.7 Å². The summed E-state index contributed by atoms with van der Waals surface area (Å²) in [6.45, 7) is 1.10. The molecule has 19 heavy (non-hydrogen) atoms. The summed E-state index contributed by atoms with van der Waals surface area (Å²) in [7, 11) is 0. The Balaban J connectivity index is 1.86. The normalized spacial score (nSPS) is 10.1. The summed E-state index contributed by atoms with van der Waals surface area (Å²) >= 11 is 1.53. The Morgan fingerprint density at radius 2 is 2.47 bits per heavy atom. The number of carbonyl (C=O) groups is 1. The monoisotopic (exact) mass is 275 g/mol. The Labute approximate surface area is 114 Å². The molecule has 0 saturated heterocycles. The number of thiophene rings is 1. The van der Waals surface area contributed by atoms with E-state index in [4.69, 9.17) is 11.0 Å². The fourth-order valence-corrected chi connectivity index (χ4v) is 2.26. The fourth-order valence-electron chi connectivity index (χ4n) is 1.51. The predicted octanol–water partition coefficient (Wildman–Crippen LogP) is 1.30. The Morgan fingerprint density at radius 3 is 3.16 bits per heavy atom. The Bertz CT molecular complexity index is 610. The zero-order valence-electron chi connectivity index (χ0n) is 10.2. The number of carbonyl (C=O) groups excluding carboxylic acids is 1. The van der Waals surface area contributed by atoms with Crippen molar-refractivity contribution >= 4 is 23.1 Å². The molecule has 0 saturated carbocycles. The second kappa shape index (κ2) is 6.02. The summed E-state index contributed by atoms with van der Waals surface area (Å²) in [5.41, 5.74) is 5.75. The van der Waals surface area contributed by atoms with Crippen LogP contribution in [-0.4, -0.2) is 15.7 Å². The van der Waals surface area contributed by atoms with Gasteiger partial charge in [-0.1, -0.05) is 0 Å². The molecule has 0 aliphatic carbocycles. The van der Waals surface area contributed by atoms with E-state index >= 15 is 0 Å². The van der Waals surface area contributed by atoms with Crippen molar-refractivity contribution in [3.8, 4) is 6.07 Å². The molecule has 0 aliphatic rings. The molecule has 0 atom stereocenters. The zero-order valence-corrected chi connectivity index (χ0v) is 11.0. The van der Waals surface area contributed by atoms with E-state index in [9.17, 15) is 4.79 Å². The summed E-state index contributed by atoms with van der Waals surface area (Å²) in [5.74, 6) is 0.393. The molecular formula is C12H13N5OS. The minimum atomic E-state index is -0.340. The van der Waals surface area contributed by atoms with Gasteiger partial charge in [-0.05, 0) is 6.07 Å². The number of anilines is 1. The molecule has 2 rings (SSSR count). The number of aromatic nitrogens is 2. The highest BCUT2D eigenvalue weighted by atomic mass is 32.1. The molecule has 2 aromatic heterocycles. The van der Waals surface area contributed by atoms with E-state index < -0.39 is 0 Å². The van der Waals surface area contributed by atoms with Gasteiger partial charge in [0, 0.05) is 35.5 Å². The molecule has 7 heteroatoms. The zero-order chi connectivity index (χ0) is 13.7. The Kier molecular flexibility index (Phi) is 4.15. The highest BCUT2D eigenvalue weighted by Gasteiger charge is 2.02. The van der Waals surface area contributed by atoms with E-state index in [0.29, 0.717) is 18.7 Å². The van der Waals surface area contributed by atoms with E-state index in [1.807, 2.05) is 17.5 Å². The van der Waals surface area contributed by atoms with Gasteiger partial charge < -0.3 is 11.1 Å². The van der Waals surface area contributed by atoms with E-state index in [1.165, 1.54) is 11.3 Å². The molecule has 2 heterocycles. The van der Waals surface area contributed by atoms with Gasteiger partial charge in [-0.3, -0.25) is 9.48 Å². The van der Waals surface area contributed by atoms with Gasteiger partial charge in [-0.25, -0.2) is 0 Å². The summed E-state index contributed by atoms with van der Waals surface area (Å²) in [6.07, 6.45) is 2.07. The van der Waals surface area contributed by atoms with E-state index in [-0.39, 0.29) is 12.3 Å². The van der Waals surface area contributed by atoms with E-state index in [1.54, 1.807) is 10.9 Å². The second-order valence-electron chi connectivity index (χ2n) is 3.95. The number of hydrogen-bond acceptors (Lipinski definition) is 5. The second-order valence-corrected chi connectivity index (χ2v) is 4.94. The molecule has 98 valence electrons. The van der Waals surface area contributed by atoms with Crippen LogP contribution in [0, 0.1) is 11.3 Å². The van der Waals surface area contributed by atoms with Gasteiger partial charge in [-0.2, -0.15) is 10.4 Å². The average Bonchev–Trinajstić information content (AvgIpc) is 3.03. The molecule has 2 aromatic rings. The van der Waals surface area contributed by atoms with Crippen molar-refractivity contribution in [2.75, 3.05) is 5.32 Å². The largest absolute Gasteiger partial charge is 0.370 e. The van der Waals surface area contributed by atoms with Crippen molar-refractivity contribution < 1.29 is 4.79 Å². The molecule has 0 unspecified atom stereocenters. The molecular weight excluding hydrogens is 262 g/mol. The third-order valence-corrected chi connectivity index (χ3v) is 3.39. The number of primary amides is 1. The standard InChI is InChI=1S/C12H13N5OS/c13-6-9-5-10(19-8-9)7-15-12-2-4-17(16-12)3-1-11(14)18/h2,4-5,8H,1,3,7H2,(H2,14,18)(H,15,16). The van der Waals surface area contributed by atoms with Crippen molar-refractivity contribution in [2.24, 2.45) is 5.73 Å². The Morgan fingerprint density at radius 1 is 1.63 bits per heavy atom. The third-order valence-electron chi connectivity index (χ3n) is 2.45. The number of nitrogens with zero attached hydrogens (tertiary/aromatic N) is 3. The molecule has 3 N–H and O–H groups in total. The molecule has 0 fully saturated rings. The highest BCUT2D eigenvalue weighted by molar-refractivity contribution is 7.10. The van der Waals surface area contributed by atoms with Crippen LogP contribution < -0.4 is 11.1 Å². The van der Waals surface area contributed by atoms with Crippen LogP contribution in [0.5, 0.6) is 0 Å². The van der Waals surface area contributed by atoms with Crippen LogP contribution >= 0.6 is 11.3 Å². The number of nitriles is 1. The number of rotatable bonds is 6. The molecule has 0 radical (unpaired) electrons. The summed E-state index contributed by atoms with van der Waals surface area (Å²) in [4.78, 5) is 11.7. The number of aryl methyl sites for hydroxylation is 1. The van der Waals surface area contributed by atoms with Crippen molar-refractivity contribution in [1.29, 1.82) is 5.26 Å².